The van der Waals surface area contributed by atoms with Crippen LogP contribution in [-0.4, -0.2) is 53.3 Å². The first-order valence-corrected chi connectivity index (χ1v) is 15.9. The van der Waals surface area contributed by atoms with Gasteiger partial charge in [0.1, 0.15) is 6.79 Å². The van der Waals surface area contributed by atoms with Crippen LogP contribution < -0.4 is 0 Å². The van der Waals surface area contributed by atoms with Crippen molar-refractivity contribution in [2.24, 2.45) is 29.1 Å². The second kappa shape index (κ2) is 10.4. The van der Waals surface area contributed by atoms with Gasteiger partial charge in [0.15, 0.2) is 20.7 Å². The lowest BCUT2D eigenvalue weighted by Crippen LogP contribution is -2.46. The molecule has 0 N–H and O–H groups in total. The van der Waals surface area contributed by atoms with Gasteiger partial charge in [0.2, 0.25) is 0 Å². The van der Waals surface area contributed by atoms with Crippen molar-refractivity contribution in [1.29, 1.82) is 0 Å². The lowest BCUT2D eigenvalue weighted by molar-refractivity contribution is -0.144. The van der Waals surface area contributed by atoms with Gasteiger partial charge in [-0.1, -0.05) is 20.3 Å². The fourth-order valence-electron chi connectivity index (χ4n) is 7.01. The van der Waals surface area contributed by atoms with Gasteiger partial charge in [-0.2, -0.15) is 0 Å². The summed E-state index contributed by atoms with van der Waals surface area (Å²) in [6, 6.07) is 0. The average Bonchev–Trinajstić information content (AvgIpc) is 3.20. The van der Waals surface area contributed by atoms with Crippen LogP contribution in [0.4, 0.5) is 0 Å². The molecule has 2 unspecified atom stereocenters. The van der Waals surface area contributed by atoms with E-state index in [-0.39, 0.29) is 25.5 Å². The van der Waals surface area contributed by atoms with Gasteiger partial charge < -0.3 is 23.4 Å². The molecule has 3 rings (SSSR count). The number of methoxy groups -OCH3 is 1. The number of cyclic esters (lactones) is 1. The fraction of sp³-hybridized carbons (Fsp3) is 0.960. The van der Waals surface area contributed by atoms with Crippen LogP contribution >= 0.6 is 0 Å². The molecule has 1 saturated heterocycles. The Labute approximate surface area is 196 Å². The van der Waals surface area contributed by atoms with Crippen molar-refractivity contribution >= 4 is 14.3 Å². The van der Waals surface area contributed by atoms with Gasteiger partial charge in [-0.3, -0.25) is 0 Å². The zero-order chi connectivity index (χ0) is 23.6. The summed E-state index contributed by atoms with van der Waals surface area (Å²) in [6.45, 7) is 14.6. The van der Waals surface area contributed by atoms with Crippen LogP contribution in [0.3, 0.4) is 0 Å². The van der Waals surface area contributed by atoms with Crippen LogP contribution in [0.1, 0.15) is 65.7 Å². The summed E-state index contributed by atoms with van der Waals surface area (Å²) in [5, 5.41) is 0. The smallest absolute Gasteiger partial charge is 0.340 e. The maximum Gasteiger partial charge on any atom is 0.340 e. The minimum atomic E-state index is -1.55. The Morgan fingerprint density at radius 2 is 1.94 bits per heavy atom. The van der Waals surface area contributed by atoms with E-state index in [2.05, 4.69) is 33.5 Å². The van der Waals surface area contributed by atoms with E-state index in [4.69, 9.17) is 23.4 Å². The van der Waals surface area contributed by atoms with Crippen molar-refractivity contribution in [2.75, 3.05) is 27.3 Å². The molecule has 0 aromatic heterocycles. The van der Waals surface area contributed by atoms with E-state index in [1.54, 1.807) is 7.11 Å². The molecule has 7 atom stereocenters. The number of esters is 1. The summed E-state index contributed by atoms with van der Waals surface area (Å²) in [7, 11) is 0.0834. The number of rotatable bonds is 11. The monoisotopic (exact) mass is 470 g/mol. The first kappa shape index (κ1) is 26.1. The summed E-state index contributed by atoms with van der Waals surface area (Å²) in [5.74, 6) is 1.86. The highest BCUT2D eigenvalue weighted by Crippen LogP contribution is 2.59. The summed E-state index contributed by atoms with van der Waals surface area (Å²) in [4.78, 5) is 12.3. The normalized spacial score (nSPS) is 37.2. The number of carbonyl (C=O) groups excluding carboxylic acids is 1. The summed E-state index contributed by atoms with van der Waals surface area (Å²) >= 11 is 0. The molecule has 0 spiro atoms. The Bertz CT molecular complexity index is 636. The molecule has 0 amide bonds. The van der Waals surface area contributed by atoms with Gasteiger partial charge in [-0.05, 0) is 94.2 Å². The van der Waals surface area contributed by atoms with Crippen LogP contribution in [0.15, 0.2) is 0 Å². The Kier molecular flexibility index (Phi) is 8.51. The maximum absolute atomic E-state index is 12.3. The van der Waals surface area contributed by atoms with Gasteiger partial charge >= 0.3 is 5.97 Å². The quantitative estimate of drug-likeness (QED) is 0.175. The van der Waals surface area contributed by atoms with Gasteiger partial charge in [-0.25, -0.2) is 4.79 Å². The van der Waals surface area contributed by atoms with E-state index in [1.807, 2.05) is 6.92 Å². The van der Waals surface area contributed by atoms with E-state index in [0.717, 1.165) is 6.42 Å². The highest BCUT2D eigenvalue weighted by molar-refractivity contribution is 6.69. The van der Waals surface area contributed by atoms with E-state index >= 15 is 0 Å². The molecule has 0 radical (unpaired) electrons. The molecule has 2 aliphatic carbocycles. The summed E-state index contributed by atoms with van der Waals surface area (Å²) in [6.07, 6.45) is 8.40. The molecule has 0 aromatic carbocycles. The molecule has 1 aliphatic heterocycles. The SMILES string of the molecule is COCOCC(C[C@@H](C)[C@H]1CCC2[C@@H](O[Si](C)(C)C)CCC[C@@]21C)C[C@]1(C)OCOC1=O. The molecular formula is C25H46O6Si. The lowest BCUT2D eigenvalue weighted by atomic mass is 9.61. The molecule has 186 valence electrons. The third-order valence-electron chi connectivity index (χ3n) is 8.26. The molecule has 0 aromatic rings. The molecule has 3 fully saturated rings. The molecule has 0 bridgehead atoms. The molecular weight excluding hydrogens is 424 g/mol. The third kappa shape index (κ3) is 5.95. The summed E-state index contributed by atoms with van der Waals surface area (Å²) in [5.41, 5.74) is -0.531. The lowest BCUT2D eigenvalue weighted by Gasteiger charge is -2.48. The first-order valence-electron chi connectivity index (χ1n) is 12.5. The molecule has 7 heteroatoms. The number of carbonyl (C=O) groups is 1. The van der Waals surface area contributed by atoms with Crippen molar-refractivity contribution in [1.82, 2.24) is 0 Å². The van der Waals surface area contributed by atoms with Crippen molar-refractivity contribution < 1.29 is 28.2 Å². The number of hydrogen-bond donors (Lipinski definition) is 0. The van der Waals surface area contributed by atoms with Gasteiger partial charge in [-0.15, -0.1) is 0 Å². The first-order chi connectivity index (χ1) is 15.0. The van der Waals surface area contributed by atoms with E-state index in [1.165, 1.54) is 32.1 Å². The number of hydrogen-bond acceptors (Lipinski definition) is 6. The van der Waals surface area contributed by atoms with Crippen LogP contribution in [-0.2, 0) is 28.2 Å². The van der Waals surface area contributed by atoms with Crippen molar-refractivity contribution in [3.63, 3.8) is 0 Å². The Hall–Kier alpha value is -0.473. The third-order valence-corrected chi connectivity index (χ3v) is 9.27. The number of fused-ring (bicyclic) bond motifs is 1. The second-order valence-corrected chi connectivity index (χ2v) is 16.4. The van der Waals surface area contributed by atoms with E-state index < -0.39 is 13.9 Å². The number of ether oxygens (including phenoxy) is 4. The van der Waals surface area contributed by atoms with Crippen molar-refractivity contribution in [3.05, 3.63) is 0 Å². The second-order valence-electron chi connectivity index (χ2n) is 11.9. The Balaban J connectivity index is 1.68. The van der Waals surface area contributed by atoms with Crippen molar-refractivity contribution in [3.8, 4) is 0 Å². The molecule has 3 aliphatic rings. The molecule has 32 heavy (non-hydrogen) atoms. The topological polar surface area (TPSA) is 63.2 Å². The predicted molar refractivity (Wildman–Crippen MR) is 127 cm³/mol. The Morgan fingerprint density at radius 1 is 1.19 bits per heavy atom. The maximum atomic E-state index is 12.3. The van der Waals surface area contributed by atoms with Crippen molar-refractivity contribution in [2.45, 2.75) is 97.1 Å². The van der Waals surface area contributed by atoms with E-state index in [0.29, 0.717) is 42.3 Å². The molecule has 1 heterocycles. The van der Waals surface area contributed by atoms with Crippen LogP contribution in [0, 0.1) is 29.1 Å². The molecule has 6 nitrogen and oxygen atoms in total. The van der Waals surface area contributed by atoms with E-state index in [9.17, 15) is 4.79 Å². The molecule has 2 saturated carbocycles. The zero-order valence-corrected chi connectivity index (χ0v) is 22.4. The van der Waals surface area contributed by atoms with Gasteiger partial charge in [0.25, 0.3) is 0 Å². The minimum Gasteiger partial charge on any atom is -0.436 e. The van der Waals surface area contributed by atoms with Crippen LogP contribution in [0.25, 0.3) is 0 Å². The average molecular weight is 471 g/mol. The fourth-order valence-corrected chi connectivity index (χ4v) is 8.20. The van der Waals surface area contributed by atoms with Gasteiger partial charge in [0, 0.05) is 13.2 Å². The van der Waals surface area contributed by atoms with Crippen LogP contribution in [0.2, 0.25) is 19.6 Å². The zero-order valence-electron chi connectivity index (χ0n) is 21.4. The standard InChI is InChI=1S/C25H46O6Si/c1-18(13-19(15-28-16-27-4)14-25(3)23(26)29-17-30-25)20-10-11-21-22(31-32(5,6)7)9-8-12-24(20,21)2/h18-22H,8-17H2,1-7H3/t18-,19?,20-,21?,22+,24-,25+/m1/s1. The highest BCUT2D eigenvalue weighted by Gasteiger charge is 2.53. The Morgan fingerprint density at radius 3 is 2.56 bits per heavy atom. The predicted octanol–water partition coefficient (Wildman–Crippen LogP) is 5.37. The van der Waals surface area contributed by atoms with Crippen LogP contribution in [0.5, 0.6) is 0 Å². The highest BCUT2D eigenvalue weighted by atomic mass is 28.4. The van der Waals surface area contributed by atoms with Gasteiger partial charge in [0.05, 0.1) is 6.61 Å². The largest absolute Gasteiger partial charge is 0.436 e. The summed E-state index contributed by atoms with van der Waals surface area (Å²) < 4.78 is 28.3. The minimum absolute atomic E-state index is 0.0530.